The number of hydrogen-bond acceptors (Lipinski definition) is 6. The summed E-state index contributed by atoms with van der Waals surface area (Å²) in [5.74, 6) is -1.02. The molecule has 1 saturated heterocycles. The van der Waals surface area contributed by atoms with Gasteiger partial charge in [-0.1, -0.05) is 12.5 Å². The molecule has 1 aliphatic heterocycles. The number of nitrogens with zero attached hydrogens (tertiary/aromatic N) is 1. The number of sulfonamides is 1. The maximum absolute atomic E-state index is 13.0. The summed E-state index contributed by atoms with van der Waals surface area (Å²) < 4.78 is 32.7. The number of nitrogens with one attached hydrogen (secondary N) is 1. The molecule has 1 aliphatic carbocycles. The highest BCUT2D eigenvalue weighted by Crippen LogP contribution is 2.31. The fourth-order valence-electron chi connectivity index (χ4n) is 4.03. The van der Waals surface area contributed by atoms with Crippen molar-refractivity contribution in [2.75, 3.05) is 25.0 Å². The number of carbonyl (C=O) groups excluding carboxylic acids is 2. The van der Waals surface area contributed by atoms with E-state index in [0.717, 1.165) is 38.5 Å². The van der Waals surface area contributed by atoms with Gasteiger partial charge in [0.15, 0.2) is 6.61 Å². The van der Waals surface area contributed by atoms with Crippen molar-refractivity contribution in [2.45, 2.75) is 50.3 Å². The minimum Gasteiger partial charge on any atom is -0.451 e. The summed E-state index contributed by atoms with van der Waals surface area (Å²) in [6.07, 6.45) is 5.83. The molecule has 1 amide bonds. The Bertz CT molecular complexity index is 1080. The monoisotopic (exact) mass is 462 g/mol. The summed E-state index contributed by atoms with van der Waals surface area (Å²) in [7, 11) is -3.61. The van der Waals surface area contributed by atoms with Crippen LogP contribution in [0.4, 0.5) is 5.69 Å². The van der Waals surface area contributed by atoms with Crippen molar-refractivity contribution >= 4 is 38.9 Å². The Labute approximate surface area is 186 Å². The summed E-state index contributed by atoms with van der Waals surface area (Å²) in [5.41, 5.74) is 2.18. The van der Waals surface area contributed by atoms with Crippen LogP contribution < -0.4 is 5.32 Å². The van der Waals surface area contributed by atoms with Crippen LogP contribution in [0.2, 0.25) is 0 Å². The molecule has 0 saturated carbocycles. The van der Waals surface area contributed by atoms with E-state index in [9.17, 15) is 18.0 Å². The topological polar surface area (TPSA) is 92.8 Å². The summed E-state index contributed by atoms with van der Waals surface area (Å²) in [5, 5.41) is 2.63. The number of carbonyl (C=O) groups is 2. The molecule has 0 unspecified atom stereocenters. The van der Waals surface area contributed by atoms with Gasteiger partial charge in [0.25, 0.3) is 5.91 Å². The van der Waals surface area contributed by atoms with Gasteiger partial charge in [0.05, 0.1) is 4.90 Å². The minimum absolute atomic E-state index is 0.192. The van der Waals surface area contributed by atoms with Gasteiger partial charge in [0.2, 0.25) is 10.0 Å². The lowest BCUT2D eigenvalue weighted by atomic mass is 10.2. The van der Waals surface area contributed by atoms with Crippen LogP contribution in [0.3, 0.4) is 0 Å². The average molecular weight is 463 g/mol. The van der Waals surface area contributed by atoms with E-state index in [0.29, 0.717) is 29.2 Å². The average Bonchev–Trinajstić information content (AvgIpc) is 3.36. The Balaban J connectivity index is 1.39. The third-order valence-electron chi connectivity index (χ3n) is 5.69. The number of thiophene rings is 1. The summed E-state index contributed by atoms with van der Waals surface area (Å²) >= 11 is 1.43. The van der Waals surface area contributed by atoms with Gasteiger partial charge in [0.1, 0.15) is 4.88 Å². The minimum atomic E-state index is -3.61. The van der Waals surface area contributed by atoms with Gasteiger partial charge in [-0.15, -0.1) is 11.3 Å². The molecule has 1 N–H and O–H groups in total. The van der Waals surface area contributed by atoms with Crippen LogP contribution in [0.15, 0.2) is 29.2 Å². The summed E-state index contributed by atoms with van der Waals surface area (Å²) in [6.45, 7) is 2.34. The first-order chi connectivity index (χ1) is 14.8. The van der Waals surface area contributed by atoms with Crippen LogP contribution in [0.1, 0.15) is 51.4 Å². The van der Waals surface area contributed by atoms with Crippen molar-refractivity contribution in [3.8, 4) is 0 Å². The third kappa shape index (κ3) is 4.83. The Kier molecular flexibility index (Phi) is 6.45. The zero-order valence-electron chi connectivity index (χ0n) is 17.5. The number of hydrogen-bond donors (Lipinski definition) is 1. The number of ether oxygens (including phenoxy) is 1. The van der Waals surface area contributed by atoms with E-state index in [1.807, 2.05) is 6.07 Å². The third-order valence-corrected chi connectivity index (χ3v) is 8.94. The Morgan fingerprint density at radius 2 is 1.87 bits per heavy atom. The van der Waals surface area contributed by atoms with Crippen molar-refractivity contribution in [3.05, 3.63) is 45.1 Å². The zero-order chi connectivity index (χ0) is 22.0. The van der Waals surface area contributed by atoms with E-state index >= 15 is 0 Å². The first-order valence-electron chi connectivity index (χ1n) is 10.5. The molecule has 1 aromatic carbocycles. The first-order valence-corrected chi connectivity index (χ1v) is 12.8. The summed E-state index contributed by atoms with van der Waals surface area (Å²) in [4.78, 5) is 26.5. The van der Waals surface area contributed by atoms with E-state index < -0.39 is 28.5 Å². The molecule has 9 heteroatoms. The number of esters is 1. The van der Waals surface area contributed by atoms with E-state index in [2.05, 4.69) is 5.32 Å². The van der Waals surface area contributed by atoms with Crippen LogP contribution >= 0.6 is 11.3 Å². The van der Waals surface area contributed by atoms with Crippen LogP contribution in [-0.2, 0) is 32.4 Å². The molecule has 2 aliphatic rings. The van der Waals surface area contributed by atoms with Gasteiger partial charge in [-0.05, 0) is 68.4 Å². The van der Waals surface area contributed by atoms with Gasteiger partial charge >= 0.3 is 5.97 Å². The number of benzene rings is 1. The number of anilines is 1. The van der Waals surface area contributed by atoms with Gasteiger partial charge < -0.3 is 10.1 Å². The second-order valence-corrected chi connectivity index (χ2v) is 11.0. The van der Waals surface area contributed by atoms with Crippen molar-refractivity contribution in [1.82, 2.24) is 4.31 Å². The quantitative estimate of drug-likeness (QED) is 0.663. The molecule has 31 heavy (non-hydrogen) atoms. The molecular formula is C22H26N2O5S2. The largest absolute Gasteiger partial charge is 0.451 e. The number of rotatable bonds is 6. The van der Waals surface area contributed by atoms with Crippen molar-refractivity contribution in [3.63, 3.8) is 0 Å². The first kappa shape index (κ1) is 22.0. The Hall–Kier alpha value is -2.23. The normalized spacial score (nSPS) is 16.7. The van der Waals surface area contributed by atoms with Crippen LogP contribution in [0.5, 0.6) is 0 Å². The Morgan fingerprint density at radius 3 is 2.61 bits per heavy atom. The SMILES string of the molecule is Cc1ccc(NC(=O)COC(=O)c2cc3c(s2)CCC3)cc1S(=O)(=O)N1CCCCC1. The van der Waals surface area contributed by atoms with Crippen LogP contribution in [-0.4, -0.2) is 44.3 Å². The number of amides is 1. The van der Waals surface area contributed by atoms with Crippen molar-refractivity contribution in [2.24, 2.45) is 0 Å². The molecule has 7 nitrogen and oxygen atoms in total. The molecule has 0 radical (unpaired) electrons. The van der Waals surface area contributed by atoms with Crippen LogP contribution in [0.25, 0.3) is 0 Å². The molecule has 0 spiro atoms. The van der Waals surface area contributed by atoms with E-state index in [1.54, 1.807) is 19.1 Å². The van der Waals surface area contributed by atoms with Gasteiger partial charge in [-0.25, -0.2) is 13.2 Å². The summed E-state index contributed by atoms with van der Waals surface area (Å²) in [6, 6.07) is 6.65. The molecule has 4 rings (SSSR count). The fourth-order valence-corrected chi connectivity index (χ4v) is 6.94. The number of aryl methyl sites for hydroxylation is 3. The standard InChI is InChI=1S/C22H26N2O5S2/c1-15-8-9-17(13-20(15)31(27,28)24-10-3-2-4-11-24)23-21(25)14-29-22(26)19-12-16-6-5-7-18(16)30-19/h8-9,12-13H,2-7,10-11,14H2,1H3,(H,23,25). The maximum atomic E-state index is 13.0. The predicted octanol–water partition coefficient (Wildman–Crippen LogP) is 3.52. The lowest BCUT2D eigenvalue weighted by Crippen LogP contribution is -2.36. The van der Waals surface area contributed by atoms with Crippen LogP contribution in [0, 0.1) is 6.92 Å². The van der Waals surface area contributed by atoms with E-state index in [-0.39, 0.29) is 4.90 Å². The lowest BCUT2D eigenvalue weighted by Gasteiger charge is -2.26. The van der Waals surface area contributed by atoms with Crippen molar-refractivity contribution in [1.29, 1.82) is 0 Å². The van der Waals surface area contributed by atoms with E-state index in [1.165, 1.54) is 32.1 Å². The highest BCUT2D eigenvalue weighted by molar-refractivity contribution is 7.89. The van der Waals surface area contributed by atoms with E-state index in [4.69, 9.17) is 4.74 Å². The highest BCUT2D eigenvalue weighted by Gasteiger charge is 2.28. The van der Waals surface area contributed by atoms with Gasteiger partial charge in [-0.2, -0.15) is 4.31 Å². The highest BCUT2D eigenvalue weighted by atomic mass is 32.2. The molecular weight excluding hydrogens is 436 g/mol. The smallest absolute Gasteiger partial charge is 0.348 e. The zero-order valence-corrected chi connectivity index (χ0v) is 19.1. The molecule has 166 valence electrons. The molecule has 0 atom stereocenters. The number of piperidine rings is 1. The molecule has 1 fully saturated rings. The van der Waals surface area contributed by atoms with Crippen molar-refractivity contribution < 1.29 is 22.7 Å². The molecule has 2 heterocycles. The molecule has 2 aromatic rings. The Morgan fingerprint density at radius 1 is 1.10 bits per heavy atom. The van der Waals surface area contributed by atoms with Gasteiger partial charge in [0, 0.05) is 23.7 Å². The lowest BCUT2D eigenvalue weighted by molar-refractivity contribution is -0.119. The van der Waals surface area contributed by atoms with Gasteiger partial charge in [-0.3, -0.25) is 4.79 Å². The second kappa shape index (κ2) is 9.10. The maximum Gasteiger partial charge on any atom is 0.348 e. The number of fused-ring (bicyclic) bond motifs is 1. The predicted molar refractivity (Wildman–Crippen MR) is 119 cm³/mol. The molecule has 1 aromatic heterocycles. The fraction of sp³-hybridized carbons (Fsp3) is 0.455. The molecule has 0 bridgehead atoms. The second-order valence-electron chi connectivity index (χ2n) is 7.98.